The Morgan fingerprint density at radius 2 is 1.70 bits per heavy atom. The Hall–Kier alpha value is -2.92. The van der Waals surface area contributed by atoms with E-state index in [4.69, 9.17) is 4.98 Å². The molecule has 194 valence electrons. The van der Waals surface area contributed by atoms with Crippen molar-refractivity contribution in [3.63, 3.8) is 0 Å². The molecule has 1 saturated heterocycles. The van der Waals surface area contributed by atoms with Crippen LogP contribution in [0.15, 0.2) is 42.5 Å². The van der Waals surface area contributed by atoms with Crippen LogP contribution >= 0.6 is 0 Å². The van der Waals surface area contributed by atoms with Crippen LogP contribution in [0.4, 0.5) is 0 Å². The third-order valence-electron chi connectivity index (χ3n) is 9.08. The second kappa shape index (κ2) is 10.4. The van der Waals surface area contributed by atoms with E-state index in [1.54, 1.807) is 0 Å². The number of nitrogens with zero attached hydrogens (tertiary/aromatic N) is 3. The fourth-order valence-corrected chi connectivity index (χ4v) is 6.29. The number of hydrogen-bond donors (Lipinski definition) is 1. The van der Waals surface area contributed by atoms with Gasteiger partial charge in [0.15, 0.2) is 0 Å². The van der Waals surface area contributed by atoms with Gasteiger partial charge < -0.3 is 14.8 Å². The summed E-state index contributed by atoms with van der Waals surface area (Å²) in [6, 6.07) is 15.5. The molecule has 0 unspecified atom stereocenters. The maximum absolute atomic E-state index is 13.6. The lowest BCUT2D eigenvalue weighted by Gasteiger charge is -2.33. The summed E-state index contributed by atoms with van der Waals surface area (Å²) < 4.78 is 0. The van der Waals surface area contributed by atoms with Crippen LogP contribution < -0.4 is 0 Å². The minimum atomic E-state index is 0.163. The molecule has 3 aliphatic rings. The van der Waals surface area contributed by atoms with Crippen molar-refractivity contribution in [2.45, 2.75) is 70.1 Å². The van der Waals surface area contributed by atoms with Gasteiger partial charge in [0.25, 0.3) is 5.91 Å². The first kappa shape index (κ1) is 24.4. The van der Waals surface area contributed by atoms with Crippen molar-refractivity contribution in [3.05, 3.63) is 76.1 Å². The Balaban J connectivity index is 1.21. The maximum Gasteiger partial charge on any atom is 0.253 e. The molecule has 5 nitrogen and oxygen atoms in total. The zero-order valence-corrected chi connectivity index (χ0v) is 22.4. The second-order valence-corrected chi connectivity index (χ2v) is 11.4. The number of amides is 1. The second-order valence-electron chi connectivity index (χ2n) is 11.4. The number of carbonyl (C=O) groups excluding carboxylic acids is 1. The molecule has 1 saturated carbocycles. The predicted octanol–water partition coefficient (Wildman–Crippen LogP) is 5.96. The zero-order chi connectivity index (χ0) is 25.4. The molecule has 3 aromatic rings. The largest absolute Gasteiger partial charge is 0.342 e. The Morgan fingerprint density at radius 3 is 2.41 bits per heavy atom. The van der Waals surface area contributed by atoms with Crippen LogP contribution in [0.2, 0.25) is 0 Å². The van der Waals surface area contributed by atoms with Crippen molar-refractivity contribution in [1.82, 2.24) is 19.8 Å². The number of aromatic nitrogens is 2. The number of H-pyrrole nitrogens is 1. The Labute approximate surface area is 221 Å². The van der Waals surface area contributed by atoms with Crippen molar-refractivity contribution in [1.29, 1.82) is 0 Å². The van der Waals surface area contributed by atoms with E-state index in [0.717, 1.165) is 75.2 Å². The number of fused-ring (bicyclic) bond motifs is 1. The Bertz CT molecular complexity index is 1220. The highest BCUT2D eigenvalue weighted by atomic mass is 16.2. The highest BCUT2D eigenvalue weighted by Crippen LogP contribution is 2.41. The number of rotatable bonds is 5. The van der Waals surface area contributed by atoms with Crippen LogP contribution in [0.3, 0.4) is 0 Å². The van der Waals surface area contributed by atoms with Gasteiger partial charge in [-0.15, -0.1) is 0 Å². The molecule has 0 radical (unpaired) electrons. The number of aromatic amines is 1. The van der Waals surface area contributed by atoms with Crippen molar-refractivity contribution in [2.24, 2.45) is 0 Å². The first-order valence-electron chi connectivity index (χ1n) is 14.4. The van der Waals surface area contributed by atoms with Gasteiger partial charge in [0.2, 0.25) is 0 Å². The lowest BCUT2D eigenvalue weighted by Crippen LogP contribution is -2.38. The number of nitrogens with one attached hydrogen (secondary N) is 1. The topological polar surface area (TPSA) is 52.2 Å². The molecule has 1 aliphatic carbocycles. The first-order chi connectivity index (χ1) is 18.1. The van der Waals surface area contributed by atoms with Crippen LogP contribution in [-0.4, -0.2) is 58.9 Å². The SMILES string of the molecule is CCc1ccc(C2CCN(C(=O)c3ccc(C4CCC4)c(-c4nc5c([nH]4)CCN(C)CC5)c3)CC2)cc1. The monoisotopic (exact) mass is 496 g/mol. The van der Waals surface area contributed by atoms with E-state index in [-0.39, 0.29) is 5.91 Å². The van der Waals surface area contributed by atoms with Gasteiger partial charge in [-0.3, -0.25) is 4.79 Å². The third-order valence-corrected chi connectivity index (χ3v) is 9.08. The minimum absolute atomic E-state index is 0.163. The van der Waals surface area contributed by atoms with E-state index in [9.17, 15) is 4.79 Å². The quantitative estimate of drug-likeness (QED) is 0.474. The van der Waals surface area contributed by atoms with Crippen LogP contribution in [0.5, 0.6) is 0 Å². The van der Waals surface area contributed by atoms with Gasteiger partial charge >= 0.3 is 0 Å². The summed E-state index contributed by atoms with van der Waals surface area (Å²) in [6.45, 7) is 5.94. The van der Waals surface area contributed by atoms with Gasteiger partial charge in [-0.2, -0.15) is 0 Å². The number of hydrogen-bond acceptors (Lipinski definition) is 3. The lowest BCUT2D eigenvalue weighted by molar-refractivity contribution is 0.0713. The molecule has 1 aromatic heterocycles. The molecule has 2 aliphatic heterocycles. The molecule has 5 heteroatoms. The van der Waals surface area contributed by atoms with E-state index >= 15 is 0 Å². The molecule has 0 atom stereocenters. The van der Waals surface area contributed by atoms with Gasteiger partial charge in [0.1, 0.15) is 5.82 Å². The Morgan fingerprint density at radius 1 is 0.946 bits per heavy atom. The standard InChI is InChI=1S/C32H40N4O/c1-3-22-7-9-23(10-8-22)24-13-19-36(20-14-24)32(37)26-11-12-27(25-5-4-6-25)28(21-26)31-33-29-15-17-35(2)18-16-30(29)34-31/h7-12,21,24-25H,3-6,13-20H2,1-2H3,(H,33,34). The number of aryl methyl sites for hydroxylation is 1. The molecule has 2 fully saturated rings. The van der Waals surface area contributed by atoms with E-state index in [2.05, 4.69) is 71.2 Å². The summed E-state index contributed by atoms with van der Waals surface area (Å²) in [5, 5.41) is 0. The van der Waals surface area contributed by atoms with Crippen LogP contribution in [0, 0.1) is 0 Å². The number of imidazole rings is 1. The predicted molar refractivity (Wildman–Crippen MR) is 149 cm³/mol. The average Bonchev–Trinajstić information content (AvgIpc) is 3.24. The molecule has 1 amide bonds. The van der Waals surface area contributed by atoms with Gasteiger partial charge in [0, 0.05) is 55.8 Å². The molecule has 6 rings (SSSR count). The third kappa shape index (κ3) is 4.98. The highest BCUT2D eigenvalue weighted by Gasteiger charge is 2.28. The van der Waals surface area contributed by atoms with Crippen molar-refractivity contribution in [2.75, 3.05) is 33.2 Å². The molecule has 1 N–H and O–H groups in total. The molecular formula is C32H40N4O. The fraction of sp³-hybridized carbons (Fsp3) is 0.500. The van der Waals surface area contributed by atoms with Crippen molar-refractivity contribution in [3.8, 4) is 11.4 Å². The van der Waals surface area contributed by atoms with E-state index < -0.39 is 0 Å². The fourth-order valence-electron chi connectivity index (χ4n) is 6.29. The zero-order valence-electron chi connectivity index (χ0n) is 22.4. The highest BCUT2D eigenvalue weighted by molar-refractivity contribution is 5.95. The summed E-state index contributed by atoms with van der Waals surface area (Å²) in [5.41, 5.74) is 8.57. The summed E-state index contributed by atoms with van der Waals surface area (Å²) in [4.78, 5) is 26.8. The van der Waals surface area contributed by atoms with E-state index in [0.29, 0.717) is 11.8 Å². The maximum atomic E-state index is 13.6. The number of likely N-dealkylation sites (N-methyl/N-ethyl adjacent to an activating group) is 1. The van der Waals surface area contributed by atoms with E-state index in [1.807, 2.05) is 0 Å². The summed E-state index contributed by atoms with van der Waals surface area (Å²) >= 11 is 0. The van der Waals surface area contributed by atoms with Crippen LogP contribution in [0.25, 0.3) is 11.4 Å². The van der Waals surface area contributed by atoms with Crippen LogP contribution in [-0.2, 0) is 19.3 Å². The average molecular weight is 497 g/mol. The van der Waals surface area contributed by atoms with Crippen LogP contribution in [0.1, 0.15) is 89.3 Å². The van der Waals surface area contributed by atoms with Gasteiger partial charge in [-0.25, -0.2) is 4.98 Å². The smallest absolute Gasteiger partial charge is 0.253 e. The summed E-state index contributed by atoms with van der Waals surface area (Å²) in [6.07, 6.45) is 8.89. The minimum Gasteiger partial charge on any atom is -0.342 e. The van der Waals surface area contributed by atoms with Gasteiger partial charge in [0.05, 0.1) is 5.69 Å². The van der Waals surface area contributed by atoms with Crippen molar-refractivity contribution >= 4 is 5.91 Å². The van der Waals surface area contributed by atoms with E-state index in [1.165, 1.54) is 47.3 Å². The summed E-state index contributed by atoms with van der Waals surface area (Å²) in [5.74, 6) is 2.25. The summed E-state index contributed by atoms with van der Waals surface area (Å²) in [7, 11) is 2.18. The number of carbonyl (C=O) groups is 1. The van der Waals surface area contributed by atoms with Gasteiger partial charge in [-0.1, -0.05) is 43.7 Å². The molecule has 0 bridgehead atoms. The number of piperidine rings is 1. The molecular weight excluding hydrogens is 456 g/mol. The van der Waals surface area contributed by atoms with Gasteiger partial charge in [-0.05, 0) is 79.8 Å². The molecule has 3 heterocycles. The Kier molecular flexibility index (Phi) is 6.90. The first-order valence-corrected chi connectivity index (χ1v) is 14.4. The van der Waals surface area contributed by atoms with Crippen molar-refractivity contribution < 1.29 is 4.79 Å². The number of likely N-dealkylation sites (tertiary alicyclic amines) is 1. The molecule has 2 aromatic carbocycles. The lowest BCUT2D eigenvalue weighted by atomic mass is 9.77. The normalized spacial score (nSPS) is 19.4. The molecule has 0 spiro atoms. The molecule has 37 heavy (non-hydrogen) atoms. The number of benzene rings is 2.